The number of carbonyl (C=O) groups excluding carboxylic acids is 1. The second-order valence-corrected chi connectivity index (χ2v) is 12.8. The number of aliphatic hydroxyl groups excluding tert-OH is 2. The van der Waals surface area contributed by atoms with Gasteiger partial charge in [0, 0.05) is 24.9 Å². The minimum atomic E-state index is -0.287. The van der Waals surface area contributed by atoms with Gasteiger partial charge in [0.2, 0.25) is 0 Å². The summed E-state index contributed by atoms with van der Waals surface area (Å²) in [6, 6.07) is 0.246. The summed E-state index contributed by atoms with van der Waals surface area (Å²) in [6.07, 6.45) is 7.26. The van der Waals surface area contributed by atoms with Gasteiger partial charge in [0.1, 0.15) is 5.78 Å². The highest BCUT2D eigenvalue weighted by atomic mass is 16.3. The quantitative estimate of drug-likeness (QED) is 0.620. The molecule has 4 heteroatoms. The van der Waals surface area contributed by atoms with E-state index in [-0.39, 0.29) is 29.6 Å². The number of ketones is 1. The van der Waals surface area contributed by atoms with E-state index in [9.17, 15) is 15.0 Å². The molecule has 3 saturated carbocycles. The molecule has 11 unspecified atom stereocenters. The Bertz CT molecular complexity index is 780. The van der Waals surface area contributed by atoms with Crippen LogP contribution in [0.3, 0.4) is 0 Å². The van der Waals surface area contributed by atoms with Gasteiger partial charge < -0.3 is 15.1 Å². The highest BCUT2D eigenvalue weighted by molar-refractivity contribution is 5.83. The fraction of sp³-hybridized carbons (Fsp3) is 0.893. The topological polar surface area (TPSA) is 60.8 Å². The Morgan fingerprint density at radius 1 is 1.12 bits per heavy atom. The zero-order valence-electron chi connectivity index (χ0n) is 20.9. The van der Waals surface area contributed by atoms with E-state index in [1.165, 1.54) is 19.3 Å². The Balaban J connectivity index is 1.41. The fourth-order valence-electron chi connectivity index (χ4n) is 9.55. The number of rotatable bonds is 2. The van der Waals surface area contributed by atoms with E-state index in [2.05, 4.69) is 39.6 Å². The molecule has 2 N–H and O–H groups in total. The average molecular weight is 444 g/mol. The maximum atomic E-state index is 13.2. The largest absolute Gasteiger partial charge is 0.393 e. The maximum absolute atomic E-state index is 13.2. The number of nitrogens with zero attached hydrogens (tertiary/aromatic N) is 1. The monoisotopic (exact) mass is 443 g/mol. The number of hydrogen-bond acceptors (Lipinski definition) is 4. The first-order valence-electron chi connectivity index (χ1n) is 13.4. The lowest BCUT2D eigenvalue weighted by Crippen LogP contribution is -2.54. The van der Waals surface area contributed by atoms with E-state index < -0.39 is 0 Å². The zero-order chi connectivity index (χ0) is 22.9. The summed E-state index contributed by atoms with van der Waals surface area (Å²) in [7, 11) is 2.20. The van der Waals surface area contributed by atoms with Gasteiger partial charge in [-0.25, -0.2) is 0 Å². The van der Waals surface area contributed by atoms with Gasteiger partial charge in [0.15, 0.2) is 0 Å². The van der Waals surface area contributed by atoms with Gasteiger partial charge in [-0.3, -0.25) is 4.79 Å². The molecule has 0 aromatic heterocycles. The summed E-state index contributed by atoms with van der Waals surface area (Å²) < 4.78 is 0. The van der Waals surface area contributed by atoms with Gasteiger partial charge in [0.05, 0.1) is 12.2 Å². The molecular formula is C28H45NO3. The fourth-order valence-corrected chi connectivity index (χ4v) is 9.55. The minimum absolute atomic E-state index is 0.0660. The van der Waals surface area contributed by atoms with Crippen LogP contribution >= 0.6 is 0 Å². The SMILES string of the molecule is CC1=C2CC3C(CC(=O)C4CC(O)CCC43C)C2CCC1C(C)C1C(O)CC(C)CN1C. The van der Waals surface area contributed by atoms with E-state index in [4.69, 9.17) is 0 Å². The molecule has 4 aliphatic carbocycles. The Kier molecular flexibility index (Phi) is 5.91. The van der Waals surface area contributed by atoms with E-state index in [1.54, 1.807) is 11.1 Å². The average Bonchev–Trinajstić information content (AvgIpc) is 3.09. The molecule has 0 radical (unpaired) electrons. The maximum Gasteiger partial charge on any atom is 0.136 e. The van der Waals surface area contributed by atoms with Crippen molar-refractivity contribution in [1.29, 1.82) is 0 Å². The number of likely N-dealkylation sites (N-methyl/N-ethyl adjacent to an activating group) is 1. The minimum Gasteiger partial charge on any atom is -0.393 e. The summed E-state index contributed by atoms with van der Waals surface area (Å²) >= 11 is 0. The molecule has 1 heterocycles. The van der Waals surface area contributed by atoms with E-state index in [0.717, 1.165) is 32.2 Å². The first-order chi connectivity index (χ1) is 15.1. The molecule has 4 nitrogen and oxygen atoms in total. The predicted molar refractivity (Wildman–Crippen MR) is 127 cm³/mol. The third-order valence-electron chi connectivity index (χ3n) is 11.1. The molecule has 1 aliphatic heterocycles. The van der Waals surface area contributed by atoms with E-state index in [0.29, 0.717) is 47.7 Å². The van der Waals surface area contributed by atoms with Crippen molar-refractivity contribution in [2.24, 2.45) is 46.8 Å². The van der Waals surface area contributed by atoms with E-state index >= 15 is 0 Å². The highest BCUT2D eigenvalue weighted by Gasteiger charge is 2.59. The van der Waals surface area contributed by atoms with Crippen molar-refractivity contribution in [2.75, 3.05) is 13.6 Å². The second-order valence-electron chi connectivity index (χ2n) is 12.8. The van der Waals surface area contributed by atoms with Crippen molar-refractivity contribution in [2.45, 2.75) is 97.3 Å². The molecule has 4 fully saturated rings. The first kappa shape index (κ1) is 23.1. The van der Waals surface area contributed by atoms with Gasteiger partial charge >= 0.3 is 0 Å². The van der Waals surface area contributed by atoms with Crippen LogP contribution in [0.25, 0.3) is 0 Å². The number of likely N-dealkylation sites (tertiary alicyclic amines) is 1. The third kappa shape index (κ3) is 3.46. The van der Waals surface area contributed by atoms with Crippen molar-refractivity contribution >= 4 is 5.78 Å². The Morgan fingerprint density at radius 2 is 1.88 bits per heavy atom. The molecule has 0 bridgehead atoms. The molecule has 0 aromatic rings. The normalized spacial score (nSPS) is 50.6. The van der Waals surface area contributed by atoms with Gasteiger partial charge in [-0.1, -0.05) is 31.9 Å². The van der Waals surface area contributed by atoms with Crippen LogP contribution in [0.15, 0.2) is 11.1 Å². The second kappa shape index (κ2) is 8.20. The summed E-state index contributed by atoms with van der Waals surface area (Å²) in [5, 5.41) is 21.2. The highest BCUT2D eigenvalue weighted by Crippen LogP contribution is 2.64. The lowest BCUT2D eigenvalue weighted by atomic mass is 9.51. The lowest BCUT2D eigenvalue weighted by Gasteiger charge is -2.52. The molecule has 0 amide bonds. The van der Waals surface area contributed by atoms with Crippen LogP contribution in [-0.2, 0) is 4.79 Å². The van der Waals surface area contributed by atoms with E-state index in [1.807, 2.05) is 0 Å². The van der Waals surface area contributed by atoms with Crippen LogP contribution in [0.4, 0.5) is 0 Å². The number of hydrogen-bond donors (Lipinski definition) is 2. The van der Waals surface area contributed by atoms with Gasteiger partial charge in [0.25, 0.3) is 0 Å². The molecule has 5 aliphatic rings. The number of allylic oxidation sites excluding steroid dienone is 2. The van der Waals surface area contributed by atoms with Crippen LogP contribution in [-0.4, -0.2) is 52.7 Å². The van der Waals surface area contributed by atoms with Crippen molar-refractivity contribution in [3.05, 3.63) is 11.1 Å². The van der Waals surface area contributed by atoms with Crippen molar-refractivity contribution in [1.82, 2.24) is 4.90 Å². The first-order valence-corrected chi connectivity index (χ1v) is 13.4. The Hall–Kier alpha value is -0.710. The van der Waals surface area contributed by atoms with Gasteiger partial charge in [-0.2, -0.15) is 0 Å². The molecular weight excluding hydrogens is 398 g/mol. The molecule has 180 valence electrons. The number of piperidine rings is 1. The number of aliphatic hydroxyl groups is 2. The Morgan fingerprint density at radius 3 is 2.59 bits per heavy atom. The van der Waals surface area contributed by atoms with Crippen molar-refractivity contribution < 1.29 is 15.0 Å². The molecule has 5 rings (SSSR count). The van der Waals surface area contributed by atoms with Gasteiger partial charge in [-0.15, -0.1) is 0 Å². The zero-order valence-corrected chi connectivity index (χ0v) is 20.9. The molecule has 1 saturated heterocycles. The summed E-state index contributed by atoms with van der Waals surface area (Å²) in [4.78, 5) is 15.6. The number of Topliss-reactive ketones (excluding diaryl/α,β-unsaturated/α-hetero) is 1. The summed E-state index contributed by atoms with van der Waals surface area (Å²) in [5.41, 5.74) is 3.33. The Labute approximate surface area is 194 Å². The molecule has 0 spiro atoms. The van der Waals surface area contributed by atoms with Crippen LogP contribution < -0.4 is 0 Å². The van der Waals surface area contributed by atoms with Crippen LogP contribution in [0, 0.1) is 46.8 Å². The van der Waals surface area contributed by atoms with Crippen molar-refractivity contribution in [3.63, 3.8) is 0 Å². The predicted octanol–water partition coefficient (Wildman–Crippen LogP) is 4.44. The number of fused-ring (bicyclic) bond motifs is 5. The van der Waals surface area contributed by atoms with Crippen LogP contribution in [0.2, 0.25) is 0 Å². The number of carbonyl (C=O) groups is 1. The summed E-state index contributed by atoms with van der Waals surface area (Å²) in [6.45, 7) is 10.5. The van der Waals surface area contributed by atoms with Crippen LogP contribution in [0.1, 0.15) is 79.1 Å². The van der Waals surface area contributed by atoms with Gasteiger partial charge in [-0.05, 0) is 99.8 Å². The van der Waals surface area contributed by atoms with Crippen molar-refractivity contribution in [3.8, 4) is 0 Å². The molecule has 0 aromatic carbocycles. The lowest BCUT2D eigenvalue weighted by molar-refractivity contribution is -0.145. The third-order valence-corrected chi connectivity index (χ3v) is 11.1. The summed E-state index contributed by atoms with van der Waals surface area (Å²) in [5.74, 6) is 3.77. The molecule has 11 atom stereocenters. The van der Waals surface area contributed by atoms with Crippen LogP contribution in [0.5, 0.6) is 0 Å². The smallest absolute Gasteiger partial charge is 0.136 e. The standard InChI is InChI=1S/C28H45NO3/c1-15-10-26(32)27(29(5)14-15)17(3)19-6-7-20-21(16(19)2)12-23-22(20)13-25(31)24-11-18(30)8-9-28(23,24)4/h15,17-20,22-24,26-27,30,32H,6-14H2,1-5H3. The molecule has 32 heavy (non-hydrogen) atoms.